The Kier molecular flexibility index (Phi) is 8.77. The Bertz CT molecular complexity index is 3800. The molecule has 6 nitrogen and oxygen atoms in total. The molecule has 0 spiro atoms. The summed E-state index contributed by atoms with van der Waals surface area (Å²) in [6, 6.07) is 73.4. The molecule has 0 radical (unpaired) electrons. The first-order chi connectivity index (χ1) is 33.0. The van der Waals surface area contributed by atoms with Crippen LogP contribution in [0.3, 0.4) is 0 Å². The molecule has 1 aliphatic carbocycles. The van der Waals surface area contributed by atoms with Gasteiger partial charge in [-0.25, -0.2) is 15.0 Å². The Morgan fingerprint density at radius 1 is 0.373 bits per heavy atom. The van der Waals surface area contributed by atoms with E-state index in [1.54, 1.807) is 0 Å². The minimum atomic E-state index is -0.202. The van der Waals surface area contributed by atoms with Crippen LogP contribution in [0.25, 0.3) is 112 Å². The van der Waals surface area contributed by atoms with E-state index in [9.17, 15) is 0 Å². The van der Waals surface area contributed by atoms with Crippen molar-refractivity contribution in [1.29, 1.82) is 0 Å². The van der Waals surface area contributed by atoms with Crippen molar-refractivity contribution < 1.29 is 0 Å². The predicted molar refractivity (Wildman–Crippen MR) is 274 cm³/mol. The van der Waals surface area contributed by atoms with Gasteiger partial charge in [-0.3, -0.25) is 4.98 Å². The van der Waals surface area contributed by atoms with Crippen LogP contribution in [0.15, 0.2) is 219 Å². The molecular formula is C61H42N6. The predicted octanol–water partition coefficient (Wildman–Crippen LogP) is 14.9. The minimum Gasteiger partial charge on any atom is -0.309 e. The van der Waals surface area contributed by atoms with Crippen LogP contribution in [-0.4, -0.2) is 29.1 Å². The molecule has 0 saturated heterocycles. The number of aromatic nitrogens is 6. The van der Waals surface area contributed by atoms with Gasteiger partial charge in [0.1, 0.15) is 0 Å². The molecule has 4 heterocycles. The zero-order valence-corrected chi connectivity index (χ0v) is 37.0. The van der Waals surface area contributed by atoms with Gasteiger partial charge in [0.15, 0.2) is 17.5 Å². The van der Waals surface area contributed by atoms with E-state index in [4.69, 9.17) is 15.0 Å². The first kappa shape index (κ1) is 38.7. The van der Waals surface area contributed by atoms with Crippen molar-refractivity contribution in [1.82, 2.24) is 29.1 Å². The molecular weight excluding hydrogens is 817 g/mol. The van der Waals surface area contributed by atoms with E-state index in [1.165, 1.54) is 49.6 Å². The second kappa shape index (κ2) is 15.2. The van der Waals surface area contributed by atoms with Crippen LogP contribution in [0.4, 0.5) is 0 Å². The van der Waals surface area contributed by atoms with Crippen molar-refractivity contribution in [2.24, 2.45) is 0 Å². The number of benzene rings is 8. The van der Waals surface area contributed by atoms with E-state index >= 15 is 0 Å². The van der Waals surface area contributed by atoms with Gasteiger partial charge in [0, 0.05) is 73.2 Å². The summed E-state index contributed by atoms with van der Waals surface area (Å²) in [6.45, 7) is 4.76. The van der Waals surface area contributed by atoms with Gasteiger partial charge in [-0.2, -0.15) is 0 Å². The highest BCUT2D eigenvalue weighted by molar-refractivity contribution is 6.16. The van der Waals surface area contributed by atoms with Crippen molar-refractivity contribution in [3.05, 3.63) is 230 Å². The highest BCUT2D eigenvalue weighted by Crippen LogP contribution is 2.54. The SMILES string of the molecule is CC1(C)c2ccccc2-c2c1c1cc3c(cc1n2-c1ccccc1)c1cc(-c2cccnc2)ccc1n3-c1ccc(-c2cccc(-c3nc(-c4ccccc4)nc(-c4ccccc4)n3)c2)cc1. The van der Waals surface area contributed by atoms with Gasteiger partial charge < -0.3 is 9.13 Å². The van der Waals surface area contributed by atoms with Crippen molar-refractivity contribution >= 4 is 32.7 Å². The minimum absolute atomic E-state index is 0.202. The molecule has 0 fully saturated rings. The third kappa shape index (κ3) is 6.25. The van der Waals surface area contributed by atoms with E-state index in [2.05, 4.69) is 167 Å². The Morgan fingerprint density at radius 3 is 1.61 bits per heavy atom. The van der Waals surface area contributed by atoms with Crippen LogP contribution in [0.5, 0.6) is 0 Å². The van der Waals surface area contributed by atoms with E-state index < -0.39 is 0 Å². The number of nitrogens with zero attached hydrogens (tertiary/aromatic N) is 6. The monoisotopic (exact) mass is 858 g/mol. The summed E-state index contributed by atoms with van der Waals surface area (Å²) in [5.74, 6) is 1.92. The molecule has 13 rings (SSSR count). The van der Waals surface area contributed by atoms with Gasteiger partial charge in [0.2, 0.25) is 0 Å². The molecule has 0 bridgehead atoms. The van der Waals surface area contributed by atoms with Crippen molar-refractivity contribution in [2.75, 3.05) is 0 Å². The fourth-order valence-electron chi connectivity index (χ4n) is 10.5. The lowest BCUT2D eigenvalue weighted by molar-refractivity contribution is 0.666. The normalized spacial score (nSPS) is 12.7. The molecule has 12 aromatic rings. The average Bonchev–Trinajstić information content (AvgIpc) is 3.99. The first-order valence-electron chi connectivity index (χ1n) is 22.8. The van der Waals surface area contributed by atoms with Crippen molar-refractivity contribution in [2.45, 2.75) is 19.3 Å². The lowest BCUT2D eigenvalue weighted by atomic mass is 9.81. The second-order valence-electron chi connectivity index (χ2n) is 17.9. The molecule has 316 valence electrons. The molecule has 0 atom stereocenters. The molecule has 0 saturated carbocycles. The topological polar surface area (TPSA) is 61.4 Å². The molecule has 0 N–H and O–H groups in total. The standard InChI is InChI=1S/C61H42N6/c1-61(2)52-26-13-12-25-48(52)57-56(61)51-37-54-50(36-55(51)67(57)46-23-10-5-11-24-46)49-35-43(45-22-15-33-62-38-45)29-32-53(49)66(54)47-30-27-39(28-31-47)42-20-14-21-44(34-42)60-64-58(40-16-6-3-7-17-40)63-59(65-60)41-18-8-4-9-19-41/h3-38H,1-2H3. The molecule has 0 unspecified atom stereocenters. The lowest BCUT2D eigenvalue weighted by Crippen LogP contribution is -2.14. The number of hydrogen-bond donors (Lipinski definition) is 0. The van der Waals surface area contributed by atoms with Crippen LogP contribution in [0, 0.1) is 0 Å². The number of para-hydroxylation sites is 1. The zero-order valence-electron chi connectivity index (χ0n) is 37.0. The van der Waals surface area contributed by atoms with E-state index in [0.717, 1.165) is 55.8 Å². The van der Waals surface area contributed by atoms with Crippen molar-refractivity contribution in [3.63, 3.8) is 0 Å². The summed E-state index contributed by atoms with van der Waals surface area (Å²) < 4.78 is 4.94. The summed E-state index contributed by atoms with van der Waals surface area (Å²) >= 11 is 0. The quantitative estimate of drug-likeness (QED) is 0.160. The molecule has 0 amide bonds. The van der Waals surface area contributed by atoms with Gasteiger partial charge in [-0.1, -0.05) is 159 Å². The van der Waals surface area contributed by atoms with Crippen LogP contribution in [0.1, 0.15) is 25.0 Å². The zero-order chi connectivity index (χ0) is 44.6. The van der Waals surface area contributed by atoms with Crippen LogP contribution < -0.4 is 0 Å². The smallest absolute Gasteiger partial charge is 0.164 e. The van der Waals surface area contributed by atoms with Gasteiger partial charge >= 0.3 is 0 Å². The maximum atomic E-state index is 5.02. The lowest BCUT2D eigenvalue weighted by Gasteiger charge is -2.21. The van der Waals surface area contributed by atoms with Crippen LogP contribution >= 0.6 is 0 Å². The Morgan fingerprint density at radius 2 is 0.910 bits per heavy atom. The number of pyridine rings is 1. The summed E-state index contributed by atoms with van der Waals surface area (Å²) in [5, 5.41) is 3.66. The summed E-state index contributed by atoms with van der Waals surface area (Å²) in [7, 11) is 0. The van der Waals surface area contributed by atoms with E-state index in [1.807, 2.05) is 79.1 Å². The third-order valence-corrected chi connectivity index (χ3v) is 13.6. The maximum Gasteiger partial charge on any atom is 0.164 e. The molecule has 0 aliphatic heterocycles. The fraction of sp³-hybridized carbons (Fsp3) is 0.0492. The van der Waals surface area contributed by atoms with Gasteiger partial charge in [0.05, 0.1) is 22.2 Å². The summed E-state index contributed by atoms with van der Waals surface area (Å²) in [5.41, 5.74) is 18.1. The highest BCUT2D eigenvalue weighted by Gasteiger charge is 2.40. The number of rotatable bonds is 7. The fourth-order valence-corrected chi connectivity index (χ4v) is 10.5. The number of hydrogen-bond acceptors (Lipinski definition) is 4. The van der Waals surface area contributed by atoms with Gasteiger partial charge in [0.25, 0.3) is 0 Å². The molecule has 1 aliphatic rings. The van der Waals surface area contributed by atoms with Gasteiger partial charge in [-0.15, -0.1) is 0 Å². The Balaban J connectivity index is 0.980. The third-order valence-electron chi connectivity index (χ3n) is 13.6. The maximum absolute atomic E-state index is 5.02. The van der Waals surface area contributed by atoms with Crippen LogP contribution in [0.2, 0.25) is 0 Å². The summed E-state index contributed by atoms with van der Waals surface area (Å²) in [6.07, 6.45) is 3.78. The Hall–Kier alpha value is -8.74. The molecule has 67 heavy (non-hydrogen) atoms. The van der Waals surface area contributed by atoms with E-state index in [-0.39, 0.29) is 5.41 Å². The van der Waals surface area contributed by atoms with Crippen LogP contribution in [-0.2, 0) is 5.41 Å². The number of fused-ring (bicyclic) bond motifs is 8. The van der Waals surface area contributed by atoms with Gasteiger partial charge in [-0.05, 0) is 88.5 Å². The Labute approximate surface area is 388 Å². The first-order valence-corrected chi connectivity index (χ1v) is 22.8. The second-order valence-corrected chi connectivity index (χ2v) is 17.9. The molecule has 8 aromatic carbocycles. The highest BCUT2D eigenvalue weighted by atomic mass is 15.0. The van der Waals surface area contributed by atoms with Crippen molar-refractivity contribution in [3.8, 4) is 79.0 Å². The molecule has 4 aromatic heterocycles. The molecule has 6 heteroatoms. The average molecular weight is 859 g/mol. The summed E-state index contributed by atoms with van der Waals surface area (Å²) in [4.78, 5) is 19.4. The van der Waals surface area contributed by atoms with E-state index in [0.29, 0.717) is 17.5 Å². The largest absolute Gasteiger partial charge is 0.309 e.